The summed E-state index contributed by atoms with van der Waals surface area (Å²) in [7, 11) is 1.23. The number of imide groups is 1. The second-order valence-electron chi connectivity index (χ2n) is 6.96. The number of thioether (sulfide) groups is 1. The van der Waals surface area contributed by atoms with Gasteiger partial charge in [-0.2, -0.15) is 13.2 Å². The van der Waals surface area contributed by atoms with Crippen LogP contribution in [0.5, 0.6) is 17.2 Å². The normalized spacial score (nSPS) is 16.4. The SMILES string of the molecule is COc1ccc(C(F)(F)F)cc1NC(=O)CN1C(=O)S/C(=C\c2cc3c(cc2Br)OCO3)C1=O. The van der Waals surface area contributed by atoms with Crippen LogP contribution in [0.15, 0.2) is 39.7 Å². The van der Waals surface area contributed by atoms with Crippen molar-refractivity contribution in [2.45, 2.75) is 6.18 Å². The minimum atomic E-state index is -4.63. The van der Waals surface area contributed by atoms with Crippen molar-refractivity contribution < 1.29 is 41.8 Å². The van der Waals surface area contributed by atoms with E-state index in [0.29, 0.717) is 44.3 Å². The number of carbonyl (C=O) groups excluding carboxylic acids is 3. The zero-order valence-electron chi connectivity index (χ0n) is 17.2. The predicted molar refractivity (Wildman–Crippen MR) is 120 cm³/mol. The zero-order valence-corrected chi connectivity index (χ0v) is 19.6. The van der Waals surface area contributed by atoms with Gasteiger partial charge in [0.2, 0.25) is 12.7 Å². The standard InChI is InChI=1S/C21H14BrF3N2O6S/c1-31-14-3-2-11(21(23,24)25)6-13(14)26-18(28)8-27-19(29)17(34-20(27)30)5-10-4-15-16(7-12(10)22)33-9-32-15/h2-7H,8-9H2,1H3,(H,26,28)/b17-5-. The molecule has 8 nitrogen and oxygen atoms in total. The van der Waals surface area contributed by atoms with E-state index in [4.69, 9.17) is 14.2 Å². The van der Waals surface area contributed by atoms with Crippen molar-refractivity contribution in [3.63, 3.8) is 0 Å². The van der Waals surface area contributed by atoms with Gasteiger partial charge in [-0.1, -0.05) is 15.9 Å². The van der Waals surface area contributed by atoms with Crippen LogP contribution in [0.4, 0.5) is 23.7 Å². The first-order chi connectivity index (χ1) is 16.1. The molecule has 1 saturated heterocycles. The number of carbonyl (C=O) groups is 3. The first-order valence-electron chi connectivity index (χ1n) is 9.46. The van der Waals surface area contributed by atoms with Crippen molar-refractivity contribution in [1.29, 1.82) is 0 Å². The third-order valence-corrected chi connectivity index (χ3v) is 6.35. The summed E-state index contributed by atoms with van der Waals surface area (Å²) in [6.45, 7) is -0.628. The van der Waals surface area contributed by atoms with E-state index in [-0.39, 0.29) is 23.1 Å². The molecule has 3 amide bonds. The number of ether oxygens (including phenoxy) is 3. The molecule has 2 heterocycles. The lowest BCUT2D eigenvalue weighted by atomic mass is 10.1. The molecule has 1 N–H and O–H groups in total. The maximum Gasteiger partial charge on any atom is 0.416 e. The maximum absolute atomic E-state index is 13.0. The number of rotatable bonds is 5. The number of hydrogen-bond donors (Lipinski definition) is 1. The number of alkyl halides is 3. The molecule has 0 saturated carbocycles. The van der Waals surface area contributed by atoms with Crippen molar-refractivity contribution >= 4 is 56.5 Å². The highest BCUT2D eigenvalue weighted by atomic mass is 79.9. The van der Waals surface area contributed by atoms with Crippen molar-refractivity contribution in [2.75, 3.05) is 25.8 Å². The van der Waals surface area contributed by atoms with Gasteiger partial charge in [0.05, 0.1) is 23.3 Å². The van der Waals surface area contributed by atoms with Gasteiger partial charge < -0.3 is 19.5 Å². The highest BCUT2D eigenvalue weighted by Crippen LogP contribution is 2.40. The Hall–Kier alpha value is -3.19. The molecule has 0 radical (unpaired) electrons. The third-order valence-electron chi connectivity index (χ3n) is 4.75. The Morgan fingerprint density at radius 2 is 1.94 bits per heavy atom. The number of fused-ring (bicyclic) bond motifs is 1. The quantitative estimate of drug-likeness (QED) is 0.522. The Kier molecular flexibility index (Phi) is 6.49. The Morgan fingerprint density at radius 1 is 1.24 bits per heavy atom. The topological polar surface area (TPSA) is 94.2 Å². The lowest BCUT2D eigenvalue weighted by molar-refractivity contribution is -0.137. The van der Waals surface area contributed by atoms with Gasteiger partial charge in [0.15, 0.2) is 11.5 Å². The van der Waals surface area contributed by atoms with Crippen LogP contribution >= 0.6 is 27.7 Å². The summed E-state index contributed by atoms with van der Waals surface area (Å²) in [4.78, 5) is 38.4. The van der Waals surface area contributed by atoms with E-state index in [1.165, 1.54) is 13.2 Å². The molecule has 0 aromatic heterocycles. The third kappa shape index (κ3) is 4.85. The van der Waals surface area contributed by atoms with Gasteiger partial charge in [0, 0.05) is 4.47 Å². The zero-order chi connectivity index (χ0) is 24.6. The number of methoxy groups -OCH3 is 1. The van der Waals surface area contributed by atoms with Crippen molar-refractivity contribution in [3.8, 4) is 17.2 Å². The Labute approximate surface area is 203 Å². The van der Waals surface area contributed by atoms with Crippen LogP contribution in [-0.4, -0.2) is 42.4 Å². The second-order valence-corrected chi connectivity index (χ2v) is 8.80. The largest absolute Gasteiger partial charge is 0.495 e. The van der Waals surface area contributed by atoms with E-state index in [1.807, 2.05) is 0 Å². The van der Waals surface area contributed by atoms with E-state index in [9.17, 15) is 27.6 Å². The summed E-state index contributed by atoms with van der Waals surface area (Å²) in [5.41, 5.74) is -0.686. The summed E-state index contributed by atoms with van der Waals surface area (Å²) < 4.78 is 55.2. The van der Waals surface area contributed by atoms with Crippen LogP contribution in [0, 0.1) is 0 Å². The van der Waals surface area contributed by atoms with Crippen molar-refractivity contribution in [1.82, 2.24) is 4.90 Å². The van der Waals surface area contributed by atoms with Gasteiger partial charge in [-0.05, 0) is 53.7 Å². The molecule has 4 rings (SSSR count). The molecule has 34 heavy (non-hydrogen) atoms. The summed E-state index contributed by atoms with van der Waals surface area (Å²) in [6.07, 6.45) is -3.17. The average molecular weight is 559 g/mol. The van der Waals surface area contributed by atoms with Crippen LogP contribution in [0.25, 0.3) is 6.08 Å². The summed E-state index contributed by atoms with van der Waals surface area (Å²) in [6, 6.07) is 5.87. The molecule has 1 fully saturated rings. The first kappa shape index (κ1) is 24.0. The minimum Gasteiger partial charge on any atom is -0.495 e. The molecule has 2 aromatic carbocycles. The molecule has 13 heteroatoms. The molecule has 0 unspecified atom stereocenters. The van der Waals surface area contributed by atoms with Crippen LogP contribution in [-0.2, 0) is 15.8 Å². The molecule has 2 aliphatic heterocycles. The summed E-state index contributed by atoms with van der Waals surface area (Å²) >= 11 is 4.00. The van der Waals surface area contributed by atoms with Gasteiger partial charge in [-0.25, -0.2) is 0 Å². The van der Waals surface area contributed by atoms with Gasteiger partial charge in [-0.15, -0.1) is 0 Å². The first-order valence-corrected chi connectivity index (χ1v) is 11.1. The number of halogens is 4. The van der Waals surface area contributed by atoms with Crippen molar-refractivity contribution in [2.24, 2.45) is 0 Å². The lowest BCUT2D eigenvalue weighted by Crippen LogP contribution is -2.36. The van der Waals surface area contributed by atoms with Gasteiger partial charge in [0.1, 0.15) is 12.3 Å². The molecule has 0 spiro atoms. The Balaban J connectivity index is 1.50. The van der Waals surface area contributed by atoms with Gasteiger partial charge >= 0.3 is 6.18 Å². The van der Waals surface area contributed by atoms with E-state index in [1.54, 1.807) is 12.1 Å². The van der Waals surface area contributed by atoms with Gasteiger partial charge in [-0.3, -0.25) is 19.3 Å². The van der Waals surface area contributed by atoms with E-state index in [2.05, 4.69) is 21.2 Å². The minimum absolute atomic E-state index is 0.0111. The van der Waals surface area contributed by atoms with E-state index < -0.39 is 35.3 Å². The van der Waals surface area contributed by atoms with Crippen LogP contribution in [0.1, 0.15) is 11.1 Å². The molecular formula is C21H14BrF3N2O6S. The predicted octanol–water partition coefficient (Wildman–Crippen LogP) is 4.88. The highest BCUT2D eigenvalue weighted by Gasteiger charge is 2.37. The van der Waals surface area contributed by atoms with Crippen LogP contribution in [0.3, 0.4) is 0 Å². The highest BCUT2D eigenvalue weighted by molar-refractivity contribution is 9.10. The Morgan fingerprint density at radius 3 is 2.62 bits per heavy atom. The van der Waals surface area contributed by atoms with Crippen molar-refractivity contribution in [3.05, 3.63) is 50.8 Å². The fourth-order valence-corrected chi connectivity index (χ4v) is 4.40. The summed E-state index contributed by atoms with van der Waals surface area (Å²) in [5, 5.41) is 1.57. The van der Waals surface area contributed by atoms with E-state index in [0.717, 1.165) is 12.1 Å². The lowest BCUT2D eigenvalue weighted by Gasteiger charge is -2.16. The van der Waals surface area contributed by atoms with Gasteiger partial charge in [0.25, 0.3) is 11.1 Å². The number of anilines is 1. The van der Waals surface area contributed by atoms with Crippen LogP contribution in [0.2, 0.25) is 0 Å². The molecule has 0 bridgehead atoms. The number of benzene rings is 2. The molecule has 2 aromatic rings. The monoisotopic (exact) mass is 558 g/mol. The molecular weight excluding hydrogens is 545 g/mol. The molecule has 2 aliphatic rings. The fourth-order valence-electron chi connectivity index (χ4n) is 3.14. The number of nitrogens with one attached hydrogen (secondary N) is 1. The average Bonchev–Trinajstić information content (AvgIpc) is 3.32. The second kappa shape index (κ2) is 9.22. The summed E-state index contributed by atoms with van der Waals surface area (Å²) in [5.74, 6) is -0.596. The number of amides is 3. The molecule has 0 aliphatic carbocycles. The maximum atomic E-state index is 13.0. The Bertz CT molecular complexity index is 1230. The fraction of sp³-hybridized carbons (Fsp3) is 0.190. The smallest absolute Gasteiger partial charge is 0.416 e. The molecule has 0 atom stereocenters. The molecule has 178 valence electrons. The van der Waals surface area contributed by atoms with Crippen LogP contribution < -0.4 is 19.5 Å². The number of nitrogens with zero attached hydrogens (tertiary/aromatic N) is 1. The van der Waals surface area contributed by atoms with E-state index >= 15 is 0 Å². The number of hydrogen-bond acceptors (Lipinski definition) is 7.